The highest BCUT2D eigenvalue weighted by Gasteiger charge is 2.24. The highest BCUT2D eigenvalue weighted by atomic mass is 16.2. The van der Waals surface area contributed by atoms with E-state index in [1.54, 1.807) is 18.3 Å². The van der Waals surface area contributed by atoms with Gasteiger partial charge < -0.3 is 5.32 Å². The van der Waals surface area contributed by atoms with E-state index in [0.29, 0.717) is 43.8 Å². The lowest BCUT2D eigenvalue weighted by Crippen LogP contribution is -2.39. The van der Waals surface area contributed by atoms with Crippen molar-refractivity contribution in [1.29, 1.82) is 0 Å². The van der Waals surface area contributed by atoms with Crippen molar-refractivity contribution in [3.8, 4) is 0 Å². The summed E-state index contributed by atoms with van der Waals surface area (Å²) in [6, 6.07) is 14.9. The van der Waals surface area contributed by atoms with E-state index in [4.69, 9.17) is 0 Å². The molecule has 0 saturated carbocycles. The van der Waals surface area contributed by atoms with Crippen molar-refractivity contribution >= 4 is 23.2 Å². The van der Waals surface area contributed by atoms with E-state index in [0.717, 1.165) is 5.56 Å². The number of fused-ring (bicyclic) bond motifs is 1. The second kappa shape index (κ2) is 8.73. The summed E-state index contributed by atoms with van der Waals surface area (Å²) in [6.45, 7) is 1.12. The van der Waals surface area contributed by atoms with Crippen molar-refractivity contribution in [2.45, 2.75) is 32.4 Å². The minimum absolute atomic E-state index is 0.0957. The molecule has 2 amide bonds. The zero-order chi connectivity index (χ0) is 20.9. The maximum Gasteiger partial charge on any atom is 0.350 e. The largest absolute Gasteiger partial charge is 0.351 e. The predicted molar refractivity (Wildman–Crippen MR) is 111 cm³/mol. The fourth-order valence-electron chi connectivity index (χ4n) is 3.29. The van der Waals surface area contributed by atoms with Crippen molar-refractivity contribution in [2.75, 3.05) is 6.54 Å². The lowest BCUT2D eigenvalue weighted by atomic mass is 10.1. The third-order valence-electron chi connectivity index (χ3n) is 4.86. The van der Waals surface area contributed by atoms with Crippen molar-refractivity contribution in [2.24, 2.45) is 5.10 Å². The van der Waals surface area contributed by atoms with Gasteiger partial charge in [0.2, 0.25) is 5.91 Å². The molecule has 4 rings (SSSR count). The Morgan fingerprint density at radius 3 is 2.63 bits per heavy atom. The number of aryl methyl sites for hydroxylation is 1. The van der Waals surface area contributed by atoms with Gasteiger partial charge in [0.1, 0.15) is 5.71 Å². The number of nitrogens with zero attached hydrogens (tertiary/aromatic N) is 5. The monoisotopic (exact) mass is 406 g/mol. The summed E-state index contributed by atoms with van der Waals surface area (Å²) in [7, 11) is 0. The number of pyridine rings is 1. The Morgan fingerprint density at radius 1 is 1.03 bits per heavy atom. The number of amides is 2. The summed E-state index contributed by atoms with van der Waals surface area (Å²) in [5, 5.41) is 12.7. The molecule has 1 aliphatic rings. The maximum absolute atomic E-state index is 12.5. The number of hydrogen-bond acceptors (Lipinski definition) is 5. The molecule has 1 N–H and O–H groups in total. The Labute approximate surface area is 172 Å². The third-order valence-corrected chi connectivity index (χ3v) is 4.86. The van der Waals surface area contributed by atoms with Gasteiger partial charge in [-0.2, -0.15) is 5.10 Å². The molecule has 3 heterocycles. The van der Waals surface area contributed by atoms with Crippen LogP contribution in [0, 0.1) is 0 Å². The summed E-state index contributed by atoms with van der Waals surface area (Å²) in [4.78, 5) is 36.8. The van der Waals surface area contributed by atoms with Gasteiger partial charge in [-0.25, -0.2) is 14.5 Å². The van der Waals surface area contributed by atoms with Crippen molar-refractivity contribution in [1.82, 2.24) is 24.5 Å². The van der Waals surface area contributed by atoms with Gasteiger partial charge in [0.05, 0.1) is 6.54 Å². The number of hydrazone groups is 1. The molecular weight excluding hydrogens is 384 g/mol. The molecule has 0 unspecified atom stereocenters. The lowest BCUT2D eigenvalue weighted by Gasteiger charge is -2.23. The standard InChI is InChI=1S/C21H22N6O3/c28-19-11-10-17(23-27(19)15-16-7-2-1-3-8-16)20(29)22-12-6-14-26-21(30)25-13-5-4-9-18(25)24-26/h1-5,7-9,13H,6,10-12,14-15H2,(H,22,29). The molecule has 9 nitrogen and oxygen atoms in total. The first kappa shape index (κ1) is 19.6. The van der Waals surface area contributed by atoms with Crippen LogP contribution in [0.2, 0.25) is 0 Å². The van der Waals surface area contributed by atoms with Gasteiger partial charge in [-0.1, -0.05) is 36.4 Å². The van der Waals surface area contributed by atoms with E-state index in [1.807, 2.05) is 36.4 Å². The van der Waals surface area contributed by atoms with Crippen LogP contribution >= 0.6 is 0 Å². The van der Waals surface area contributed by atoms with Crippen molar-refractivity contribution in [3.05, 3.63) is 70.8 Å². The molecule has 3 aromatic rings. The van der Waals surface area contributed by atoms with Gasteiger partial charge in [-0.15, -0.1) is 5.10 Å². The molecule has 0 fully saturated rings. The van der Waals surface area contributed by atoms with Gasteiger partial charge in [0.25, 0.3) is 5.91 Å². The molecule has 0 saturated heterocycles. The quantitative estimate of drug-likeness (QED) is 0.596. The number of hydrogen-bond donors (Lipinski definition) is 1. The van der Waals surface area contributed by atoms with Crippen LogP contribution in [-0.2, 0) is 22.7 Å². The van der Waals surface area contributed by atoms with E-state index in [1.165, 1.54) is 14.1 Å². The Kier molecular flexibility index (Phi) is 5.69. The van der Waals surface area contributed by atoms with Crippen molar-refractivity contribution < 1.29 is 9.59 Å². The molecule has 1 aliphatic heterocycles. The number of aromatic nitrogens is 3. The topological polar surface area (TPSA) is 101 Å². The van der Waals surface area contributed by atoms with Crippen LogP contribution in [0.25, 0.3) is 5.65 Å². The van der Waals surface area contributed by atoms with Crippen LogP contribution in [0.4, 0.5) is 0 Å². The first-order chi connectivity index (χ1) is 14.6. The predicted octanol–water partition coefficient (Wildman–Crippen LogP) is 1.18. The van der Waals surface area contributed by atoms with Crippen LogP contribution in [0.1, 0.15) is 24.8 Å². The number of carbonyl (C=O) groups excluding carboxylic acids is 2. The van der Waals surface area contributed by atoms with Crippen LogP contribution in [-0.4, -0.2) is 43.3 Å². The molecule has 2 aromatic heterocycles. The molecular formula is C21H22N6O3. The van der Waals surface area contributed by atoms with Gasteiger partial charge in [0, 0.05) is 32.1 Å². The number of carbonyl (C=O) groups is 2. The Balaban J connectivity index is 1.31. The van der Waals surface area contributed by atoms with E-state index in [2.05, 4.69) is 15.5 Å². The van der Waals surface area contributed by atoms with E-state index in [9.17, 15) is 14.4 Å². The molecule has 0 atom stereocenters. The van der Waals surface area contributed by atoms with Crippen molar-refractivity contribution in [3.63, 3.8) is 0 Å². The highest BCUT2D eigenvalue weighted by molar-refractivity contribution is 6.39. The van der Waals surface area contributed by atoms with E-state index < -0.39 is 0 Å². The number of nitrogens with one attached hydrogen (secondary N) is 1. The van der Waals surface area contributed by atoms with E-state index in [-0.39, 0.29) is 23.9 Å². The second-order valence-corrected chi connectivity index (χ2v) is 7.03. The lowest BCUT2D eigenvalue weighted by molar-refractivity contribution is -0.132. The second-order valence-electron chi connectivity index (χ2n) is 7.03. The molecule has 154 valence electrons. The molecule has 0 aliphatic carbocycles. The maximum atomic E-state index is 12.5. The molecule has 30 heavy (non-hydrogen) atoms. The number of rotatable bonds is 7. The summed E-state index contributed by atoms with van der Waals surface area (Å²) in [5.74, 6) is -0.385. The first-order valence-corrected chi connectivity index (χ1v) is 9.86. The molecule has 0 radical (unpaired) electrons. The average Bonchev–Trinajstić information content (AvgIpc) is 3.09. The number of benzene rings is 1. The van der Waals surface area contributed by atoms with Gasteiger partial charge in [0.15, 0.2) is 5.65 Å². The highest BCUT2D eigenvalue weighted by Crippen LogP contribution is 2.13. The third kappa shape index (κ3) is 4.29. The van der Waals surface area contributed by atoms with Crippen LogP contribution in [0.5, 0.6) is 0 Å². The molecule has 0 spiro atoms. The smallest absolute Gasteiger partial charge is 0.350 e. The normalized spacial score (nSPS) is 14.1. The summed E-state index contributed by atoms with van der Waals surface area (Å²) in [6.07, 6.45) is 2.81. The average molecular weight is 406 g/mol. The minimum Gasteiger partial charge on any atom is -0.351 e. The zero-order valence-corrected chi connectivity index (χ0v) is 16.4. The Bertz CT molecular complexity index is 1150. The van der Waals surface area contributed by atoms with Crippen LogP contribution < -0.4 is 11.0 Å². The summed E-state index contributed by atoms with van der Waals surface area (Å²) >= 11 is 0. The Morgan fingerprint density at radius 2 is 1.83 bits per heavy atom. The molecule has 1 aromatic carbocycles. The van der Waals surface area contributed by atoms with Crippen LogP contribution in [0.3, 0.4) is 0 Å². The molecule has 9 heteroatoms. The Hall–Kier alpha value is -3.75. The summed E-state index contributed by atoms with van der Waals surface area (Å²) < 4.78 is 2.87. The van der Waals surface area contributed by atoms with E-state index >= 15 is 0 Å². The molecule has 0 bridgehead atoms. The van der Waals surface area contributed by atoms with Gasteiger partial charge >= 0.3 is 5.69 Å². The van der Waals surface area contributed by atoms with Gasteiger partial charge in [-0.05, 0) is 24.1 Å². The SMILES string of the molecule is O=C(NCCCn1nc2ccccn2c1=O)C1=NN(Cc2ccccc2)C(=O)CC1. The first-order valence-electron chi connectivity index (χ1n) is 9.86. The van der Waals surface area contributed by atoms with Crippen LogP contribution in [0.15, 0.2) is 64.6 Å². The summed E-state index contributed by atoms with van der Waals surface area (Å²) in [5.41, 5.74) is 1.68. The zero-order valence-electron chi connectivity index (χ0n) is 16.4. The van der Waals surface area contributed by atoms with Gasteiger partial charge in [-0.3, -0.25) is 14.0 Å². The minimum atomic E-state index is -0.289. The fourth-order valence-corrected chi connectivity index (χ4v) is 3.29. The fraction of sp³-hybridized carbons (Fsp3) is 0.286.